The molecule has 1 aromatic carbocycles. The molecule has 3 N–H and O–H groups in total. The van der Waals surface area contributed by atoms with Crippen LogP contribution in [-0.2, 0) is 0 Å². The summed E-state index contributed by atoms with van der Waals surface area (Å²) in [4.78, 5) is 11.3. The number of hydrogen-bond acceptors (Lipinski definition) is 5. The number of nitrogens with one attached hydrogen (secondary N) is 3. The van der Waals surface area contributed by atoms with Gasteiger partial charge in [-0.05, 0) is 0 Å². The first-order valence-electron chi connectivity index (χ1n) is 5.56. The molecule has 1 saturated heterocycles. The van der Waals surface area contributed by atoms with E-state index < -0.39 is 12.1 Å². The lowest BCUT2D eigenvalue weighted by Crippen LogP contribution is -2.22. The van der Waals surface area contributed by atoms with Crippen LogP contribution < -0.4 is 24.8 Å². The van der Waals surface area contributed by atoms with Crippen LogP contribution in [0.15, 0.2) is 12.1 Å². The Hall–Kier alpha value is -2.44. The van der Waals surface area contributed by atoms with Gasteiger partial charge in [-0.25, -0.2) is 4.79 Å². The van der Waals surface area contributed by atoms with Crippen molar-refractivity contribution in [2.24, 2.45) is 0 Å². The molecule has 0 aromatic heterocycles. The van der Waals surface area contributed by atoms with Gasteiger partial charge >= 0.3 is 6.03 Å². The lowest BCUT2D eigenvalue weighted by Gasteiger charge is -2.18. The van der Waals surface area contributed by atoms with E-state index in [4.69, 9.17) is 19.6 Å². The minimum atomic E-state index is -0.622. The first-order chi connectivity index (χ1) is 9.10. The summed E-state index contributed by atoms with van der Waals surface area (Å²) in [6, 6.07) is 2.31. The van der Waals surface area contributed by atoms with Crippen LogP contribution in [0.4, 0.5) is 4.79 Å². The Balaban J connectivity index is 2.54. The molecule has 0 saturated carbocycles. The molecule has 0 bridgehead atoms. The van der Waals surface area contributed by atoms with Crippen LogP contribution in [0.2, 0.25) is 0 Å². The van der Waals surface area contributed by atoms with Crippen molar-refractivity contribution in [1.82, 2.24) is 10.6 Å². The second kappa shape index (κ2) is 5.05. The zero-order valence-corrected chi connectivity index (χ0v) is 10.9. The van der Waals surface area contributed by atoms with Crippen LogP contribution in [0.1, 0.15) is 11.6 Å². The first-order valence-corrected chi connectivity index (χ1v) is 5.56. The summed E-state index contributed by atoms with van der Waals surface area (Å²) in [5.74, 6) is 1.58. The van der Waals surface area contributed by atoms with Gasteiger partial charge < -0.3 is 19.5 Å². The lowest BCUT2D eigenvalue weighted by molar-refractivity contribution is 0.247. The number of carbonyl (C=O) groups is 1. The van der Waals surface area contributed by atoms with Crippen molar-refractivity contribution in [3.63, 3.8) is 0 Å². The predicted molar refractivity (Wildman–Crippen MR) is 68.2 cm³/mol. The summed E-state index contributed by atoms with van der Waals surface area (Å²) in [5, 5.41) is 12.8. The Bertz CT molecular complexity index is 505. The highest BCUT2D eigenvalue weighted by Gasteiger charge is 2.33. The zero-order chi connectivity index (χ0) is 14.0. The Morgan fingerprint density at radius 2 is 1.68 bits per heavy atom. The van der Waals surface area contributed by atoms with Crippen molar-refractivity contribution in [3.05, 3.63) is 17.7 Å². The van der Waals surface area contributed by atoms with Crippen LogP contribution in [0.3, 0.4) is 0 Å². The topological polar surface area (TPSA) is 92.7 Å². The molecule has 19 heavy (non-hydrogen) atoms. The van der Waals surface area contributed by atoms with Crippen molar-refractivity contribution in [2.75, 3.05) is 21.3 Å². The van der Waals surface area contributed by atoms with Gasteiger partial charge in [-0.2, -0.15) is 0 Å². The van der Waals surface area contributed by atoms with Crippen LogP contribution in [0.5, 0.6) is 17.2 Å². The van der Waals surface area contributed by atoms with Crippen molar-refractivity contribution in [3.8, 4) is 17.2 Å². The minimum Gasteiger partial charge on any atom is -0.496 e. The van der Waals surface area contributed by atoms with Gasteiger partial charge in [0, 0.05) is 12.1 Å². The van der Waals surface area contributed by atoms with E-state index in [2.05, 4.69) is 10.6 Å². The van der Waals surface area contributed by atoms with Gasteiger partial charge in [0.1, 0.15) is 29.1 Å². The van der Waals surface area contributed by atoms with Gasteiger partial charge in [0.2, 0.25) is 0 Å². The maximum Gasteiger partial charge on any atom is 0.321 e. The summed E-state index contributed by atoms with van der Waals surface area (Å²) >= 11 is 0. The standard InChI is InChI=1S/C12H15N3O4/c1-17-6-4-7(18-2)9(8(5-6)19-3)10-11(13)15-12(16)14-10/h4-5,10H,1-3H3,(H3,13,14,15,16). The molecular weight excluding hydrogens is 250 g/mol. The Labute approximate surface area is 110 Å². The van der Waals surface area contributed by atoms with Crippen LogP contribution in [0.25, 0.3) is 0 Å². The zero-order valence-electron chi connectivity index (χ0n) is 10.9. The third-order valence-electron chi connectivity index (χ3n) is 2.85. The number of rotatable bonds is 4. The molecule has 0 aliphatic carbocycles. The average Bonchev–Trinajstić information content (AvgIpc) is 2.75. The Morgan fingerprint density at radius 3 is 2.05 bits per heavy atom. The molecule has 102 valence electrons. The fourth-order valence-electron chi connectivity index (χ4n) is 1.97. The molecule has 0 spiro atoms. The van der Waals surface area contributed by atoms with E-state index in [0.717, 1.165) is 0 Å². The van der Waals surface area contributed by atoms with E-state index in [0.29, 0.717) is 22.8 Å². The normalized spacial score (nSPS) is 17.7. The van der Waals surface area contributed by atoms with E-state index >= 15 is 0 Å². The third-order valence-corrected chi connectivity index (χ3v) is 2.85. The number of ether oxygens (including phenoxy) is 3. The number of benzene rings is 1. The SMILES string of the molecule is COc1cc(OC)c(C2NC(=O)NC2=N)c(OC)c1. The molecule has 0 radical (unpaired) electrons. The summed E-state index contributed by atoms with van der Waals surface area (Å²) in [5.41, 5.74) is 0.578. The molecule has 1 atom stereocenters. The highest BCUT2D eigenvalue weighted by Crippen LogP contribution is 2.39. The van der Waals surface area contributed by atoms with Crippen molar-refractivity contribution >= 4 is 11.9 Å². The quantitative estimate of drug-likeness (QED) is 0.758. The maximum absolute atomic E-state index is 11.3. The lowest BCUT2D eigenvalue weighted by atomic mass is 10.0. The summed E-state index contributed by atoms with van der Waals surface area (Å²) < 4.78 is 15.7. The van der Waals surface area contributed by atoms with E-state index in [9.17, 15) is 4.79 Å². The average molecular weight is 265 g/mol. The van der Waals surface area contributed by atoms with Gasteiger partial charge in [-0.15, -0.1) is 0 Å². The van der Waals surface area contributed by atoms with Gasteiger partial charge in [0.25, 0.3) is 0 Å². The predicted octanol–water partition coefficient (Wildman–Crippen LogP) is 1.04. The van der Waals surface area contributed by atoms with Gasteiger partial charge in [0.15, 0.2) is 0 Å². The van der Waals surface area contributed by atoms with Crippen LogP contribution in [-0.4, -0.2) is 33.2 Å². The first kappa shape index (κ1) is 13.0. The fraction of sp³-hybridized carbons (Fsp3) is 0.333. The number of carbonyl (C=O) groups excluding carboxylic acids is 1. The van der Waals surface area contributed by atoms with Crippen molar-refractivity contribution in [1.29, 1.82) is 5.41 Å². The van der Waals surface area contributed by atoms with Gasteiger partial charge in [0.05, 0.1) is 26.9 Å². The largest absolute Gasteiger partial charge is 0.496 e. The van der Waals surface area contributed by atoms with Gasteiger partial charge in [-0.1, -0.05) is 0 Å². The highest BCUT2D eigenvalue weighted by atomic mass is 16.5. The molecule has 1 aliphatic heterocycles. The van der Waals surface area contributed by atoms with Crippen LogP contribution >= 0.6 is 0 Å². The van der Waals surface area contributed by atoms with Crippen molar-refractivity contribution < 1.29 is 19.0 Å². The molecule has 2 rings (SSSR count). The molecule has 1 heterocycles. The maximum atomic E-state index is 11.3. The molecule has 1 aliphatic rings. The van der Waals surface area contributed by atoms with E-state index in [1.54, 1.807) is 12.1 Å². The molecule has 7 heteroatoms. The monoisotopic (exact) mass is 265 g/mol. The second-order valence-electron chi connectivity index (χ2n) is 3.89. The number of amides is 2. The Kier molecular flexibility index (Phi) is 3.46. The second-order valence-corrected chi connectivity index (χ2v) is 3.89. The summed E-state index contributed by atoms with van der Waals surface area (Å²) in [6.45, 7) is 0. The molecule has 1 unspecified atom stereocenters. The number of amidine groups is 1. The molecule has 7 nitrogen and oxygen atoms in total. The molecule has 2 amide bonds. The third kappa shape index (κ3) is 2.26. The highest BCUT2D eigenvalue weighted by molar-refractivity contribution is 6.06. The minimum absolute atomic E-state index is 0.0479. The fourth-order valence-corrected chi connectivity index (χ4v) is 1.97. The number of hydrogen-bond donors (Lipinski definition) is 3. The van der Waals surface area contributed by atoms with E-state index in [1.807, 2.05) is 0 Å². The molecule has 1 fully saturated rings. The summed E-state index contributed by atoms with van der Waals surface area (Å²) in [6.07, 6.45) is 0. The van der Waals surface area contributed by atoms with Crippen LogP contribution in [0, 0.1) is 5.41 Å². The summed E-state index contributed by atoms with van der Waals surface area (Å²) in [7, 11) is 4.55. The van der Waals surface area contributed by atoms with E-state index in [1.165, 1.54) is 21.3 Å². The molecule has 1 aromatic rings. The van der Waals surface area contributed by atoms with Crippen molar-refractivity contribution in [2.45, 2.75) is 6.04 Å². The number of methoxy groups -OCH3 is 3. The molecular formula is C12H15N3O4. The number of urea groups is 1. The Morgan fingerprint density at radius 1 is 1.11 bits per heavy atom. The smallest absolute Gasteiger partial charge is 0.321 e. The van der Waals surface area contributed by atoms with E-state index in [-0.39, 0.29) is 5.84 Å². The van der Waals surface area contributed by atoms with Gasteiger partial charge in [-0.3, -0.25) is 10.7 Å².